The number of likely N-dealkylation sites (N-methyl/N-ethyl adjacent to an activating group) is 1. The fourth-order valence-electron chi connectivity index (χ4n) is 4.95. The van der Waals surface area contributed by atoms with E-state index in [1.807, 2.05) is 55.5 Å². The summed E-state index contributed by atoms with van der Waals surface area (Å²) in [5, 5.41) is 3.36. The summed E-state index contributed by atoms with van der Waals surface area (Å²) in [7, 11) is -4.15. The van der Waals surface area contributed by atoms with Gasteiger partial charge in [0.2, 0.25) is 11.8 Å². The minimum Gasteiger partial charge on any atom is -0.355 e. The van der Waals surface area contributed by atoms with Crippen LogP contribution < -0.4 is 9.62 Å². The average Bonchev–Trinajstić information content (AvgIpc) is 3.02. The van der Waals surface area contributed by atoms with E-state index in [-0.39, 0.29) is 29.7 Å². The molecular formula is C35H38ClN3O4S. The number of rotatable bonds is 13. The molecule has 0 aromatic heterocycles. The lowest BCUT2D eigenvalue weighted by atomic mass is 10.0. The highest BCUT2D eigenvalue weighted by atomic mass is 35.5. The lowest BCUT2D eigenvalue weighted by Gasteiger charge is -2.34. The van der Waals surface area contributed by atoms with Crippen molar-refractivity contribution in [1.82, 2.24) is 10.2 Å². The van der Waals surface area contributed by atoms with E-state index < -0.39 is 28.5 Å². The van der Waals surface area contributed by atoms with E-state index in [1.165, 1.54) is 17.0 Å². The van der Waals surface area contributed by atoms with Gasteiger partial charge in [-0.05, 0) is 65.9 Å². The number of hydrogen-bond acceptors (Lipinski definition) is 4. The minimum absolute atomic E-state index is 0.0551. The third-order valence-electron chi connectivity index (χ3n) is 7.32. The number of nitrogens with zero attached hydrogens (tertiary/aromatic N) is 2. The maximum Gasteiger partial charge on any atom is 0.264 e. The molecule has 0 spiro atoms. The van der Waals surface area contributed by atoms with Crippen molar-refractivity contribution in [2.45, 2.75) is 50.6 Å². The molecule has 4 rings (SSSR count). The predicted molar refractivity (Wildman–Crippen MR) is 176 cm³/mol. The smallest absolute Gasteiger partial charge is 0.264 e. The van der Waals surface area contributed by atoms with Crippen molar-refractivity contribution in [1.29, 1.82) is 0 Å². The zero-order valence-electron chi connectivity index (χ0n) is 25.2. The van der Waals surface area contributed by atoms with Gasteiger partial charge in [-0.2, -0.15) is 0 Å². The van der Waals surface area contributed by atoms with Gasteiger partial charge in [0.05, 0.1) is 10.6 Å². The van der Waals surface area contributed by atoms with Crippen LogP contribution >= 0.6 is 11.6 Å². The first-order valence-electron chi connectivity index (χ1n) is 14.6. The minimum atomic E-state index is -4.15. The zero-order valence-corrected chi connectivity index (χ0v) is 26.8. The van der Waals surface area contributed by atoms with Gasteiger partial charge in [0.25, 0.3) is 10.0 Å². The van der Waals surface area contributed by atoms with Crippen LogP contribution in [0.15, 0.2) is 114 Å². The quantitative estimate of drug-likeness (QED) is 0.184. The number of sulfonamides is 1. The first-order chi connectivity index (χ1) is 21.1. The number of carbonyl (C=O) groups is 2. The molecule has 230 valence electrons. The van der Waals surface area contributed by atoms with Gasteiger partial charge in [-0.3, -0.25) is 13.9 Å². The van der Waals surface area contributed by atoms with E-state index in [9.17, 15) is 18.0 Å². The standard InChI is InChI=1S/C35H38ClN3O4S/c1-4-37-35(41)33(23-27-12-7-5-8-13-27)38(24-28-14-11-15-30(36)22-28)34(40)25-39(31-20-18-29(19-21-31)26(2)3)44(42,43)32-16-9-6-10-17-32/h5-22,26,33H,4,23-25H2,1-3H3,(H,37,41). The van der Waals surface area contributed by atoms with Crippen LogP contribution in [0.5, 0.6) is 0 Å². The van der Waals surface area contributed by atoms with E-state index in [0.29, 0.717) is 22.8 Å². The van der Waals surface area contributed by atoms with E-state index in [1.54, 1.807) is 48.5 Å². The van der Waals surface area contributed by atoms with Crippen LogP contribution in [0.2, 0.25) is 5.02 Å². The predicted octanol–water partition coefficient (Wildman–Crippen LogP) is 6.43. The summed E-state index contributed by atoms with van der Waals surface area (Å²) < 4.78 is 29.3. The highest BCUT2D eigenvalue weighted by Gasteiger charge is 2.34. The molecular weight excluding hydrogens is 594 g/mol. The summed E-state index contributed by atoms with van der Waals surface area (Å²) in [6.45, 7) is 5.84. The molecule has 0 radical (unpaired) electrons. The van der Waals surface area contributed by atoms with Gasteiger partial charge in [-0.25, -0.2) is 8.42 Å². The summed E-state index contributed by atoms with van der Waals surface area (Å²) in [6, 6.07) is 30.8. The van der Waals surface area contributed by atoms with Crippen LogP contribution in [0.3, 0.4) is 0 Å². The molecule has 9 heteroatoms. The second-order valence-corrected chi connectivity index (χ2v) is 13.1. The van der Waals surface area contributed by atoms with Gasteiger partial charge in [0.1, 0.15) is 12.6 Å². The van der Waals surface area contributed by atoms with Crippen LogP contribution in [0, 0.1) is 0 Å². The molecule has 0 saturated heterocycles. The third kappa shape index (κ3) is 8.27. The molecule has 44 heavy (non-hydrogen) atoms. The van der Waals surface area contributed by atoms with Crippen LogP contribution in [0.4, 0.5) is 5.69 Å². The number of halogens is 1. The Balaban J connectivity index is 1.79. The summed E-state index contributed by atoms with van der Waals surface area (Å²) in [5.74, 6) is -0.607. The molecule has 7 nitrogen and oxygen atoms in total. The van der Waals surface area contributed by atoms with Gasteiger partial charge in [-0.1, -0.05) is 98.2 Å². The molecule has 0 fully saturated rings. The van der Waals surface area contributed by atoms with Crippen LogP contribution in [0.25, 0.3) is 0 Å². The first-order valence-corrected chi connectivity index (χ1v) is 16.4. The van der Waals surface area contributed by atoms with Crippen molar-refractivity contribution in [2.75, 3.05) is 17.4 Å². The number of carbonyl (C=O) groups excluding carboxylic acids is 2. The van der Waals surface area contributed by atoms with E-state index in [2.05, 4.69) is 19.2 Å². The van der Waals surface area contributed by atoms with E-state index in [0.717, 1.165) is 15.4 Å². The van der Waals surface area contributed by atoms with Crippen molar-refractivity contribution in [3.05, 3.63) is 131 Å². The number of nitrogens with one attached hydrogen (secondary N) is 1. The van der Waals surface area contributed by atoms with Gasteiger partial charge >= 0.3 is 0 Å². The lowest BCUT2D eigenvalue weighted by Crippen LogP contribution is -2.53. The van der Waals surface area contributed by atoms with Gasteiger partial charge in [0.15, 0.2) is 0 Å². The Morgan fingerprint density at radius 3 is 2.02 bits per heavy atom. The van der Waals surface area contributed by atoms with Gasteiger partial charge < -0.3 is 10.2 Å². The molecule has 1 N–H and O–H groups in total. The molecule has 2 amide bonds. The topological polar surface area (TPSA) is 86.8 Å². The largest absolute Gasteiger partial charge is 0.355 e. The van der Waals surface area contributed by atoms with Crippen molar-refractivity contribution in [3.63, 3.8) is 0 Å². The molecule has 1 atom stereocenters. The molecule has 4 aromatic carbocycles. The second-order valence-electron chi connectivity index (χ2n) is 10.8. The third-order valence-corrected chi connectivity index (χ3v) is 9.35. The number of benzene rings is 4. The number of amides is 2. The highest BCUT2D eigenvalue weighted by molar-refractivity contribution is 7.92. The summed E-state index contributed by atoms with van der Waals surface area (Å²) in [5.41, 5.74) is 2.98. The Hall–Kier alpha value is -4.14. The van der Waals surface area contributed by atoms with Gasteiger partial charge in [-0.15, -0.1) is 0 Å². The molecule has 0 saturated carbocycles. The molecule has 4 aromatic rings. The second kappa shape index (κ2) is 15.0. The zero-order chi connectivity index (χ0) is 31.7. The highest BCUT2D eigenvalue weighted by Crippen LogP contribution is 2.27. The normalized spacial score (nSPS) is 12.0. The fraction of sp³-hybridized carbons (Fsp3) is 0.257. The SMILES string of the molecule is CCNC(=O)C(Cc1ccccc1)N(Cc1cccc(Cl)c1)C(=O)CN(c1ccc(C(C)C)cc1)S(=O)(=O)c1ccccc1. The Kier molecular flexibility index (Phi) is 11.2. The summed E-state index contributed by atoms with van der Waals surface area (Å²) >= 11 is 6.29. The summed E-state index contributed by atoms with van der Waals surface area (Å²) in [6.07, 6.45) is 0.244. The maximum absolute atomic E-state index is 14.4. The van der Waals surface area contributed by atoms with Crippen LogP contribution in [-0.4, -0.2) is 44.3 Å². The fourth-order valence-corrected chi connectivity index (χ4v) is 6.60. The monoisotopic (exact) mass is 631 g/mol. The molecule has 0 aliphatic carbocycles. The Labute approximate surface area is 265 Å². The Morgan fingerprint density at radius 1 is 0.818 bits per heavy atom. The van der Waals surface area contributed by atoms with Crippen molar-refractivity contribution in [2.24, 2.45) is 0 Å². The number of hydrogen-bond donors (Lipinski definition) is 1. The maximum atomic E-state index is 14.4. The number of anilines is 1. The first kappa shape index (κ1) is 32.8. The van der Waals surface area contributed by atoms with Crippen molar-refractivity contribution in [3.8, 4) is 0 Å². The molecule has 0 aliphatic rings. The van der Waals surface area contributed by atoms with Gasteiger partial charge in [0, 0.05) is 24.5 Å². The van der Waals surface area contributed by atoms with Crippen molar-refractivity contribution < 1.29 is 18.0 Å². The molecule has 0 aliphatic heterocycles. The van der Waals surface area contributed by atoms with Crippen molar-refractivity contribution >= 4 is 39.1 Å². The molecule has 0 bridgehead atoms. The van der Waals surface area contributed by atoms with Crippen LogP contribution in [-0.2, 0) is 32.6 Å². The Bertz CT molecular complexity index is 1650. The molecule has 1 unspecified atom stereocenters. The summed E-state index contributed by atoms with van der Waals surface area (Å²) in [4.78, 5) is 29.5. The Morgan fingerprint density at radius 2 is 1.43 bits per heavy atom. The average molecular weight is 632 g/mol. The lowest BCUT2D eigenvalue weighted by molar-refractivity contribution is -0.140. The van der Waals surface area contributed by atoms with Crippen LogP contribution in [0.1, 0.15) is 43.4 Å². The van der Waals surface area contributed by atoms with E-state index in [4.69, 9.17) is 11.6 Å². The molecule has 0 heterocycles. The van der Waals surface area contributed by atoms with E-state index >= 15 is 0 Å².